The molecule has 0 saturated heterocycles. The van der Waals surface area contributed by atoms with Crippen molar-refractivity contribution < 1.29 is 0 Å². The van der Waals surface area contributed by atoms with Gasteiger partial charge in [-0.15, -0.1) is 0 Å². The zero-order valence-electron chi connectivity index (χ0n) is 9.70. The van der Waals surface area contributed by atoms with E-state index in [1.807, 2.05) is 11.8 Å². The average molecular weight is 274 g/mol. The van der Waals surface area contributed by atoms with Crippen molar-refractivity contribution in [2.75, 3.05) is 11.6 Å². The molecule has 0 spiro atoms. The lowest BCUT2D eigenvalue weighted by Gasteiger charge is -2.31. The van der Waals surface area contributed by atoms with Crippen molar-refractivity contribution in [3.05, 3.63) is 21.7 Å². The van der Waals surface area contributed by atoms with Crippen molar-refractivity contribution in [1.29, 1.82) is 0 Å². The number of nitrogens with one attached hydrogen (secondary N) is 2. The van der Waals surface area contributed by atoms with E-state index in [4.69, 9.17) is 11.6 Å². The van der Waals surface area contributed by atoms with Crippen LogP contribution in [0, 0.1) is 0 Å². The second-order valence-electron chi connectivity index (χ2n) is 4.20. The summed E-state index contributed by atoms with van der Waals surface area (Å²) in [6.45, 7) is 0. The molecule has 1 heterocycles. The Hall–Kier alpha value is -0.680. The summed E-state index contributed by atoms with van der Waals surface area (Å²) >= 11 is 7.79. The highest BCUT2D eigenvalue weighted by atomic mass is 35.5. The molecule has 0 bridgehead atoms. The number of hydrogen-bond acceptors (Lipinski definition) is 4. The van der Waals surface area contributed by atoms with Gasteiger partial charge in [-0.3, -0.25) is 4.79 Å². The van der Waals surface area contributed by atoms with Crippen LogP contribution in [0.15, 0.2) is 11.1 Å². The predicted molar refractivity (Wildman–Crippen MR) is 73.0 cm³/mol. The van der Waals surface area contributed by atoms with E-state index in [-0.39, 0.29) is 10.6 Å². The van der Waals surface area contributed by atoms with E-state index in [0.717, 1.165) is 6.42 Å². The maximum atomic E-state index is 11.4. The van der Waals surface area contributed by atoms with Gasteiger partial charge in [0, 0.05) is 11.3 Å². The van der Waals surface area contributed by atoms with E-state index in [9.17, 15) is 4.79 Å². The Bertz CT molecular complexity index is 437. The lowest BCUT2D eigenvalue weighted by molar-refractivity contribution is 0.474. The zero-order chi connectivity index (χ0) is 12.3. The van der Waals surface area contributed by atoms with Crippen LogP contribution in [0.5, 0.6) is 0 Å². The standard InChI is InChI=1S/C11H16ClN3OS/c1-17-8-5-3-2-4-7(8)15-10-9(12)11(16)14-6-13-10/h6-8H,2-5H2,1H3,(H2,13,14,15,16). The summed E-state index contributed by atoms with van der Waals surface area (Å²) in [7, 11) is 0. The zero-order valence-corrected chi connectivity index (χ0v) is 11.3. The van der Waals surface area contributed by atoms with Crippen LogP contribution in [-0.2, 0) is 0 Å². The Morgan fingerprint density at radius 3 is 3.06 bits per heavy atom. The van der Waals surface area contributed by atoms with Gasteiger partial charge in [0.2, 0.25) is 0 Å². The predicted octanol–water partition coefficient (Wildman–Crippen LogP) is 2.51. The molecule has 1 saturated carbocycles. The van der Waals surface area contributed by atoms with Crippen molar-refractivity contribution in [2.24, 2.45) is 0 Å². The molecular formula is C11H16ClN3OS. The van der Waals surface area contributed by atoms with Gasteiger partial charge in [0.1, 0.15) is 5.02 Å². The van der Waals surface area contributed by atoms with E-state index in [2.05, 4.69) is 21.5 Å². The van der Waals surface area contributed by atoms with Crippen molar-refractivity contribution in [3.8, 4) is 0 Å². The molecule has 2 unspecified atom stereocenters. The van der Waals surface area contributed by atoms with Crippen LogP contribution in [0.2, 0.25) is 5.02 Å². The first-order chi connectivity index (χ1) is 8.22. The maximum Gasteiger partial charge on any atom is 0.271 e. The van der Waals surface area contributed by atoms with E-state index in [0.29, 0.717) is 17.1 Å². The summed E-state index contributed by atoms with van der Waals surface area (Å²) in [6.07, 6.45) is 8.32. The van der Waals surface area contributed by atoms with Crippen LogP contribution < -0.4 is 10.9 Å². The first-order valence-corrected chi connectivity index (χ1v) is 7.41. The second kappa shape index (κ2) is 5.78. The summed E-state index contributed by atoms with van der Waals surface area (Å²) in [4.78, 5) is 17.9. The summed E-state index contributed by atoms with van der Waals surface area (Å²) in [6, 6.07) is 0.352. The molecule has 1 fully saturated rings. The monoisotopic (exact) mass is 273 g/mol. The molecular weight excluding hydrogens is 258 g/mol. The third kappa shape index (κ3) is 2.96. The van der Waals surface area contributed by atoms with E-state index >= 15 is 0 Å². The van der Waals surface area contributed by atoms with Crippen molar-refractivity contribution in [3.63, 3.8) is 0 Å². The molecule has 17 heavy (non-hydrogen) atoms. The number of H-pyrrole nitrogens is 1. The van der Waals surface area contributed by atoms with Crippen LogP contribution in [0.1, 0.15) is 25.7 Å². The molecule has 1 aliphatic rings. The van der Waals surface area contributed by atoms with Gasteiger partial charge in [0.25, 0.3) is 5.56 Å². The fourth-order valence-electron chi connectivity index (χ4n) is 2.20. The summed E-state index contributed by atoms with van der Waals surface area (Å²) < 4.78 is 0. The molecule has 2 atom stereocenters. The number of aromatic amines is 1. The number of nitrogens with zero attached hydrogens (tertiary/aromatic N) is 1. The molecule has 1 aromatic rings. The third-order valence-electron chi connectivity index (χ3n) is 3.12. The highest BCUT2D eigenvalue weighted by Gasteiger charge is 2.25. The van der Waals surface area contributed by atoms with Crippen LogP contribution >= 0.6 is 23.4 Å². The topological polar surface area (TPSA) is 57.8 Å². The lowest BCUT2D eigenvalue weighted by atomic mass is 9.95. The Morgan fingerprint density at radius 2 is 2.29 bits per heavy atom. The van der Waals surface area contributed by atoms with E-state index < -0.39 is 0 Å². The Balaban J connectivity index is 2.13. The summed E-state index contributed by atoms with van der Waals surface area (Å²) in [5.74, 6) is 0.501. The summed E-state index contributed by atoms with van der Waals surface area (Å²) in [5, 5.41) is 4.03. The highest BCUT2D eigenvalue weighted by molar-refractivity contribution is 7.99. The third-order valence-corrected chi connectivity index (χ3v) is 4.64. The lowest BCUT2D eigenvalue weighted by Crippen LogP contribution is -2.35. The highest BCUT2D eigenvalue weighted by Crippen LogP contribution is 2.29. The minimum absolute atomic E-state index is 0.151. The van der Waals surface area contributed by atoms with Gasteiger partial charge < -0.3 is 10.3 Å². The van der Waals surface area contributed by atoms with Gasteiger partial charge in [0.15, 0.2) is 5.82 Å². The quantitative estimate of drug-likeness (QED) is 0.888. The van der Waals surface area contributed by atoms with Crippen LogP contribution in [0.4, 0.5) is 5.82 Å². The number of anilines is 1. The Morgan fingerprint density at radius 1 is 1.53 bits per heavy atom. The Kier molecular flexibility index (Phi) is 4.34. The smallest absolute Gasteiger partial charge is 0.271 e. The average Bonchev–Trinajstić information content (AvgIpc) is 2.35. The molecule has 4 nitrogen and oxygen atoms in total. The van der Waals surface area contributed by atoms with Gasteiger partial charge in [0.05, 0.1) is 6.33 Å². The fourth-order valence-corrected chi connectivity index (χ4v) is 3.30. The van der Waals surface area contributed by atoms with Gasteiger partial charge in [-0.05, 0) is 19.1 Å². The van der Waals surface area contributed by atoms with Crippen LogP contribution in [0.25, 0.3) is 0 Å². The minimum atomic E-state index is -0.291. The largest absolute Gasteiger partial charge is 0.365 e. The first kappa shape index (κ1) is 12.8. The normalized spacial score (nSPS) is 24.6. The van der Waals surface area contributed by atoms with Crippen molar-refractivity contribution >= 4 is 29.2 Å². The molecule has 0 radical (unpaired) electrons. The second-order valence-corrected chi connectivity index (χ2v) is 5.66. The SMILES string of the molecule is CSC1CCCCC1Nc1nc[nH]c(=O)c1Cl. The van der Waals surface area contributed by atoms with Gasteiger partial charge >= 0.3 is 0 Å². The fraction of sp³-hybridized carbons (Fsp3) is 0.636. The van der Waals surface area contributed by atoms with Gasteiger partial charge in [-0.25, -0.2) is 4.98 Å². The van der Waals surface area contributed by atoms with Crippen LogP contribution in [-0.4, -0.2) is 27.5 Å². The molecule has 1 aliphatic carbocycles. The molecule has 2 N–H and O–H groups in total. The number of hydrogen-bond donors (Lipinski definition) is 2. The number of halogens is 1. The number of thioether (sulfide) groups is 1. The van der Waals surface area contributed by atoms with E-state index in [1.165, 1.54) is 25.6 Å². The molecule has 0 amide bonds. The van der Waals surface area contributed by atoms with Crippen LogP contribution in [0.3, 0.4) is 0 Å². The molecule has 0 aromatic carbocycles. The first-order valence-electron chi connectivity index (χ1n) is 5.75. The number of aromatic nitrogens is 2. The molecule has 6 heteroatoms. The maximum absolute atomic E-state index is 11.4. The molecule has 94 valence electrons. The molecule has 1 aromatic heterocycles. The van der Waals surface area contributed by atoms with Crippen molar-refractivity contribution in [1.82, 2.24) is 9.97 Å². The molecule has 0 aliphatic heterocycles. The number of rotatable bonds is 3. The summed E-state index contributed by atoms with van der Waals surface area (Å²) in [5.41, 5.74) is -0.291. The van der Waals surface area contributed by atoms with E-state index in [1.54, 1.807) is 0 Å². The van der Waals surface area contributed by atoms with Crippen molar-refractivity contribution in [2.45, 2.75) is 37.0 Å². The Labute approximate surface area is 110 Å². The van der Waals surface area contributed by atoms with Gasteiger partial charge in [-0.1, -0.05) is 24.4 Å². The molecule has 2 rings (SSSR count). The minimum Gasteiger partial charge on any atom is -0.365 e. The van der Waals surface area contributed by atoms with Gasteiger partial charge in [-0.2, -0.15) is 11.8 Å².